The number of para-hydroxylation sites is 1. The fourth-order valence-electron chi connectivity index (χ4n) is 1.78. The summed E-state index contributed by atoms with van der Waals surface area (Å²) in [6, 6.07) is 17.0. The third-order valence-corrected chi connectivity index (χ3v) is 3.13. The van der Waals surface area contributed by atoms with Crippen LogP contribution in [0.15, 0.2) is 54.6 Å². The zero-order valence-corrected chi connectivity index (χ0v) is 13.7. The number of hydrogen-bond acceptors (Lipinski definition) is 5. The van der Waals surface area contributed by atoms with Crippen molar-refractivity contribution in [2.75, 3.05) is 32.6 Å². The molecule has 0 spiro atoms. The Kier molecular flexibility index (Phi) is 6.19. The minimum absolute atomic E-state index is 0.244. The summed E-state index contributed by atoms with van der Waals surface area (Å²) in [6.45, 7) is -0.526. The van der Waals surface area contributed by atoms with Crippen LogP contribution in [-0.2, 0) is 14.3 Å². The molecule has 2 aromatic carbocycles. The third kappa shape index (κ3) is 5.64. The van der Waals surface area contributed by atoms with Gasteiger partial charge in [0.2, 0.25) is 0 Å². The highest BCUT2D eigenvalue weighted by atomic mass is 16.6. The normalized spacial score (nSPS) is 9.92. The molecule has 6 heteroatoms. The minimum Gasteiger partial charge on any atom is -0.482 e. The lowest BCUT2D eigenvalue weighted by Gasteiger charge is -2.11. The van der Waals surface area contributed by atoms with Crippen molar-refractivity contribution in [2.24, 2.45) is 0 Å². The Morgan fingerprint density at radius 1 is 0.917 bits per heavy atom. The molecule has 0 fully saturated rings. The number of carbonyl (C=O) groups excluding carboxylic acids is 2. The predicted octanol–water partition coefficient (Wildman–Crippen LogP) is 2.44. The molecule has 0 saturated carbocycles. The zero-order valence-electron chi connectivity index (χ0n) is 13.7. The molecule has 126 valence electrons. The van der Waals surface area contributed by atoms with E-state index in [1.165, 1.54) is 4.90 Å². The third-order valence-electron chi connectivity index (χ3n) is 3.13. The Hall–Kier alpha value is -3.02. The molecule has 6 nitrogen and oxygen atoms in total. The number of carbonyl (C=O) groups is 2. The molecule has 0 aliphatic heterocycles. The van der Waals surface area contributed by atoms with E-state index in [2.05, 4.69) is 5.32 Å². The van der Waals surface area contributed by atoms with Gasteiger partial charge in [0.05, 0.1) is 0 Å². The highest BCUT2D eigenvalue weighted by Gasteiger charge is 2.09. The van der Waals surface area contributed by atoms with Crippen molar-refractivity contribution in [3.63, 3.8) is 0 Å². The lowest BCUT2D eigenvalue weighted by Crippen LogP contribution is -2.28. The van der Waals surface area contributed by atoms with E-state index in [1.54, 1.807) is 26.2 Å². The van der Waals surface area contributed by atoms with Crippen LogP contribution in [-0.4, -0.2) is 44.1 Å². The fraction of sp³-hybridized carbons (Fsp3) is 0.222. The van der Waals surface area contributed by atoms with Gasteiger partial charge in [-0.15, -0.1) is 0 Å². The molecule has 0 aliphatic carbocycles. The van der Waals surface area contributed by atoms with Gasteiger partial charge >= 0.3 is 5.97 Å². The standard InChI is InChI=1S/C18H20N2O4/c1-20(2)17(21)12-24-18(22)13-23-16-10-8-15(9-11-16)19-14-6-4-3-5-7-14/h3-11,19H,12-13H2,1-2H3. The first kappa shape index (κ1) is 17.3. The molecule has 1 amide bonds. The van der Waals surface area contributed by atoms with Gasteiger partial charge in [-0.2, -0.15) is 0 Å². The summed E-state index contributed by atoms with van der Waals surface area (Å²) in [5.41, 5.74) is 1.90. The molecule has 0 bridgehead atoms. The van der Waals surface area contributed by atoms with Crippen LogP contribution >= 0.6 is 0 Å². The number of nitrogens with zero attached hydrogens (tertiary/aromatic N) is 1. The predicted molar refractivity (Wildman–Crippen MR) is 91.3 cm³/mol. The Bertz CT molecular complexity index is 669. The van der Waals surface area contributed by atoms with Crippen molar-refractivity contribution in [3.05, 3.63) is 54.6 Å². The molecule has 0 heterocycles. The van der Waals surface area contributed by atoms with Gasteiger partial charge in [-0.1, -0.05) is 18.2 Å². The quantitative estimate of drug-likeness (QED) is 0.791. The first-order valence-corrected chi connectivity index (χ1v) is 7.45. The Labute approximate surface area is 141 Å². The van der Waals surface area contributed by atoms with Crippen LogP contribution in [0.3, 0.4) is 0 Å². The van der Waals surface area contributed by atoms with Crippen LogP contribution in [0.5, 0.6) is 5.75 Å². The van der Waals surface area contributed by atoms with Crippen molar-refractivity contribution < 1.29 is 19.1 Å². The fourth-order valence-corrected chi connectivity index (χ4v) is 1.78. The maximum atomic E-state index is 11.5. The maximum Gasteiger partial charge on any atom is 0.344 e. The smallest absolute Gasteiger partial charge is 0.344 e. The molecular weight excluding hydrogens is 308 g/mol. The maximum absolute atomic E-state index is 11.5. The molecule has 24 heavy (non-hydrogen) atoms. The van der Waals surface area contributed by atoms with Gasteiger partial charge in [-0.05, 0) is 36.4 Å². The number of amides is 1. The SMILES string of the molecule is CN(C)C(=O)COC(=O)COc1ccc(Nc2ccccc2)cc1. The monoisotopic (exact) mass is 328 g/mol. The van der Waals surface area contributed by atoms with E-state index < -0.39 is 5.97 Å². The summed E-state index contributed by atoms with van der Waals surface area (Å²) in [7, 11) is 3.19. The highest BCUT2D eigenvalue weighted by Crippen LogP contribution is 2.19. The lowest BCUT2D eigenvalue weighted by atomic mass is 10.2. The van der Waals surface area contributed by atoms with Gasteiger partial charge < -0.3 is 19.7 Å². The van der Waals surface area contributed by atoms with Crippen molar-refractivity contribution in [2.45, 2.75) is 0 Å². The molecule has 0 saturated heterocycles. The number of anilines is 2. The number of ether oxygens (including phenoxy) is 2. The van der Waals surface area contributed by atoms with Crippen LogP contribution in [0.2, 0.25) is 0 Å². The largest absolute Gasteiger partial charge is 0.482 e. The summed E-state index contributed by atoms with van der Waals surface area (Å²) in [4.78, 5) is 24.2. The second-order valence-electron chi connectivity index (χ2n) is 5.25. The molecule has 0 aromatic heterocycles. The van der Waals surface area contributed by atoms with Gasteiger partial charge in [-0.25, -0.2) is 4.79 Å². The molecule has 0 radical (unpaired) electrons. The number of hydrogen-bond donors (Lipinski definition) is 1. The van der Waals surface area contributed by atoms with Gasteiger partial charge in [0, 0.05) is 25.5 Å². The average molecular weight is 328 g/mol. The number of rotatable bonds is 7. The molecule has 0 unspecified atom stereocenters. The van der Waals surface area contributed by atoms with Gasteiger partial charge in [0.25, 0.3) is 5.91 Å². The van der Waals surface area contributed by atoms with E-state index in [0.717, 1.165) is 11.4 Å². The van der Waals surface area contributed by atoms with Gasteiger partial charge in [0.1, 0.15) is 5.75 Å². The van der Waals surface area contributed by atoms with Crippen LogP contribution in [0, 0.1) is 0 Å². The van der Waals surface area contributed by atoms with E-state index in [-0.39, 0.29) is 19.1 Å². The van der Waals surface area contributed by atoms with Crippen molar-refractivity contribution in [1.82, 2.24) is 4.90 Å². The average Bonchev–Trinajstić information content (AvgIpc) is 2.59. The molecule has 2 aromatic rings. The van der Waals surface area contributed by atoms with E-state index in [1.807, 2.05) is 42.5 Å². The topological polar surface area (TPSA) is 67.9 Å². The first-order chi connectivity index (χ1) is 11.5. The summed E-state index contributed by atoms with van der Waals surface area (Å²) < 4.78 is 10.2. The van der Waals surface area contributed by atoms with E-state index in [4.69, 9.17) is 9.47 Å². The summed E-state index contributed by atoms with van der Waals surface area (Å²) in [6.07, 6.45) is 0. The Morgan fingerprint density at radius 2 is 1.54 bits per heavy atom. The molecule has 1 N–H and O–H groups in total. The lowest BCUT2D eigenvalue weighted by molar-refractivity contribution is -0.152. The summed E-state index contributed by atoms with van der Waals surface area (Å²) in [5, 5.41) is 3.25. The van der Waals surface area contributed by atoms with E-state index in [9.17, 15) is 9.59 Å². The molecular formula is C18H20N2O4. The Morgan fingerprint density at radius 3 is 2.17 bits per heavy atom. The summed E-state index contributed by atoms with van der Waals surface area (Å²) >= 11 is 0. The van der Waals surface area contributed by atoms with Gasteiger partial charge in [-0.3, -0.25) is 4.79 Å². The van der Waals surface area contributed by atoms with Crippen molar-refractivity contribution in [3.8, 4) is 5.75 Å². The zero-order chi connectivity index (χ0) is 17.4. The number of benzene rings is 2. The van der Waals surface area contributed by atoms with Crippen LogP contribution in [0.25, 0.3) is 0 Å². The summed E-state index contributed by atoms with van der Waals surface area (Å²) in [5.74, 6) is -0.319. The van der Waals surface area contributed by atoms with Crippen LogP contribution < -0.4 is 10.1 Å². The molecule has 0 aliphatic rings. The van der Waals surface area contributed by atoms with Crippen LogP contribution in [0.4, 0.5) is 11.4 Å². The second kappa shape index (κ2) is 8.57. The second-order valence-corrected chi connectivity index (χ2v) is 5.25. The van der Waals surface area contributed by atoms with Crippen molar-refractivity contribution in [1.29, 1.82) is 0 Å². The Balaban J connectivity index is 1.77. The van der Waals surface area contributed by atoms with Gasteiger partial charge in [0.15, 0.2) is 13.2 Å². The van der Waals surface area contributed by atoms with E-state index >= 15 is 0 Å². The number of likely N-dealkylation sites (N-methyl/N-ethyl adjacent to an activating group) is 1. The molecule has 2 rings (SSSR count). The van der Waals surface area contributed by atoms with E-state index in [0.29, 0.717) is 5.75 Å². The molecule has 0 atom stereocenters. The minimum atomic E-state index is -0.586. The number of nitrogens with one attached hydrogen (secondary N) is 1. The highest BCUT2D eigenvalue weighted by molar-refractivity contribution is 5.80. The number of esters is 1. The first-order valence-electron chi connectivity index (χ1n) is 7.45. The van der Waals surface area contributed by atoms with Crippen molar-refractivity contribution >= 4 is 23.3 Å². The van der Waals surface area contributed by atoms with Crippen LogP contribution in [0.1, 0.15) is 0 Å².